The largest absolute Gasteiger partial charge is 0.450 e. The summed E-state index contributed by atoms with van der Waals surface area (Å²) in [6.07, 6.45) is 5.27. The number of ether oxygens (including phenoxy) is 2. The second-order valence-corrected chi connectivity index (χ2v) is 11.2. The summed E-state index contributed by atoms with van der Waals surface area (Å²) in [7, 11) is 1.64. The maximum absolute atomic E-state index is 13.8. The van der Waals surface area contributed by atoms with Gasteiger partial charge in [0.1, 0.15) is 17.9 Å². The predicted octanol–water partition coefficient (Wildman–Crippen LogP) is 4.74. The van der Waals surface area contributed by atoms with Crippen LogP contribution in [0, 0.1) is 5.41 Å². The van der Waals surface area contributed by atoms with E-state index in [4.69, 9.17) is 9.47 Å². The molecule has 7 heteroatoms. The van der Waals surface area contributed by atoms with Crippen LogP contribution in [0.3, 0.4) is 0 Å². The lowest BCUT2D eigenvalue weighted by molar-refractivity contribution is -0.139. The summed E-state index contributed by atoms with van der Waals surface area (Å²) >= 11 is 0. The first-order valence-corrected chi connectivity index (χ1v) is 12.9. The molecule has 0 radical (unpaired) electrons. The van der Waals surface area contributed by atoms with E-state index in [0.717, 1.165) is 49.3 Å². The van der Waals surface area contributed by atoms with Gasteiger partial charge >= 0.3 is 6.09 Å². The number of carbonyl (C=O) groups is 3. The molecule has 2 aromatic rings. The summed E-state index contributed by atoms with van der Waals surface area (Å²) in [6.45, 7) is 6.21. The summed E-state index contributed by atoms with van der Waals surface area (Å²) in [5.41, 5.74) is 0.819. The van der Waals surface area contributed by atoms with E-state index in [9.17, 15) is 14.4 Å². The Morgan fingerprint density at radius 3 is 2.58 bits per heavy atom. The van der Waals surface area contributed by atoms with Crippen LogP contribution in [0.25, 0.3) is 10.8 Å². The van der Waals surface area contributed by atoms with E-state index in [2.05, 4.69) is 35.6 Å². The molecule has 0 aliphatic carbocycles. The fraction of sp³-hybridized carbons (Fsp3) is 0.552. The third-order valence-electron chi connectivity index (χ3n) is 7.62. The lowest BCUT2D eigenvalue weighted by atomic mass is 9.85. The Labute approximate surface area is 213 Å². The van der Waals surface area contributed by atoms with Gasteiger partial charge in [-0.1, -0.05) is 63.9 Å². The number of cyclic esters (lactones) is 1. The zero-order valence-corrected chi connectivity index (χ0v) is 21.8. The SMILES string of the molecule is CO[C@@]12C[C@@H](C=O)N(C1)C(=O)[C@H](C(C)(C)C)NC(=O)OCCCCCCc1cc2cc2ccccc12. The number of alkyl carbamates (subject to hydrolysis) is 1. The van der Waals surface area contributed by atoms with Crippen molar-refractivity contribution in [3.63, 3.8) is 0 Å². The van der Waals surface area contributed by atoms with Gasteiger partial charge in [0, 0.05) is 13.5 Å². The molecule has 2 heterocycles. The summed E-state index contributed by atoms with van der Waals surface area (Å²) in [5, 5.41) is 5.12. The molecule has 0 aromatic heterocycles. The lowest BCUT2D eigenvalue weighted by Crippen LogP contribution is -2.56. The van der Waals surface area contributed by atoms with Gasteiger partial charge in [-0.05, 0) is 52.6 Å². The number of methoxy groups -OCH3 is 1. The highest BCUT2D eigenvalue weighted by molar-refractivity contribution is 5.90. The molecule has 36 heavy (non-hydrogen) atoms. The average Bonchev–Trinajstić information content (AvgIpc) is 3.25. The van der Waals surface area contributed by atoms with Crippen LogP contribution in [0.1, 0.15) is 64.0 Å². The number of nitrogens with zero attached hydrogens (tertiary/aromatic N) is 1. The van der Waals surface area contributed by atoms with Gasteiger partial charge < -0.3 is 24.5 Å². The lowest BCUT2D eigenvalue weighted by Gasteiger charge is -2.35. The number of nitrogens with one attached hydrogen (secondary N) is 1. The number of benzene rings is 2. The number of hydrogen-bond donors (Lipinski definition) is 1. The van der Waals surface area contributed by atoms with E-state index in [-0.39, 0.29) is 12.5 Å². The molecule has 1 saturated heterocycles. The second kappa shape index (κ2) is 10.6. The van der Waals surface area contributed by atoms with E-state index in [1.807, 2.05) is 26.8 Å². The van der Waals surface area contributed by atoms with Crippen LogP contribution < -0.4 is 5.32 Å². The fourth-order valence-corrected chi connectivity index (χ4v) is 5.51. The van der Waals surface area contributed by atoms with Crippen LogP contribution in [-0.4, -0.2) is 55.5 Å². The molecule has 0 saturated carbocycles. The molecule has 7 nitrogen and oxygen atoms in total. The highest BCUT2D eigenvalue weighted by atomic mass is 16.5. The second-order valence-electron chi connectivity index (χ2n) is 11.2. The number of aldehydes is 1. The van der Waals surface area contributed by atoms with Crippen molar-refractivity contribution in [1.29, 1.82) is 0 Å². The van der Waals surface area contributed by atoms with Gasteiger partial charge in [0.2, 0.25) is 5.91 Å². The van der Waals surface area contributed by atoms with Crippen molar-refractivity contribution in [3.05, 3.63) is 47.5 Å². The summed E-state index contributed by atoms with van der Waals surface area (Å²) in [6, 6.07) is 11.2. The van der Waals surface area contributed by atoms with E-state index in [1.54, 1.807) is 12.0 Å². The molecule has 0 spiro atoms. The summed E-state index contributed by atoms with van der Waals surface area (Å²) in [5.74, 6) is -0.305. The summed E-state index contributed by atoms with van der Waals surface area (Å²) in [4.78, 5) is 40.2. The molecule has 3 atom stereocenters. The van der Waals surface area contributed by atoms with Gasteiger partial charge in [0.05, 0.1) is 19.2 Å². The topological polar surface area (TPSA) is 84.9 Å². The minimum absolute atomic E-state index is 0.229. The monoisotopic (exact) mass is 494 g/mol. The van der Waals surface area contributed by atoms with Gasteiger partial charge in [0.15, 0.2) is 0 Å². The fourth-order valence-electron chi connectivity index (χ4n) is 5.51. The highest BCUT2D eigenvalue weighted by Crippen LogP contribution is 2.41. The van der Waals surface area contributed by atoms with Crippen molar-refractivity contribution in [1.82, 2.24) is 10.2 Å². The van der Waals surface area contributed by atoms with Gasteiger partial charge in [0.25, 0.3) is 0 Å². The number of rotatable bonds is 2. The molecule has 194 valence electrons. The van der Waals surface area contributed by atoms with Crippen LogP contribution in [0.2, 0.25) is 0 Å². The van der Waals surface area contributed by atoms with Crippen molar-refractivity contribution in [2.24, 2.45) is 5.41 Å². The quantitative estimate of drug-likeness (QED) is 0.610. The number of amides is 2. The Bertz CT molecular complexity index is 1120. The molecule has 2 amide bonds. The zero-order chi connectivity index (χ0) is 25.9. The Morgan fingerprint density at radius 2 is 1.86 bits per heavy atom. The minimum atomic E-state index is -0.844. The average molecular weight is 495 g/mol. The van der Waals surface area contributed by atoms with Gasteiger partial charge in [-0.15, -0.1) is 0 Å². The highest BCUT2D eigenvalue weighted by Gasteiger charge is 2.50. The molecule has 1 N–H and O–H groups in total. The van der Waals surface area contributed by atoms with Gasteiger partial charge in [-0.25, -0.2) is 4.79 Å². The molecule has 4 bridgehead atoms. The molecule has 0 unspecified atom stereocenters. The third-order valence-corrected chi connectivity index (χ3v) is 7.62. The number of fused-ring (bicyclic) bond motifs is 7. The van der Waals surface area contributed by atoms with E-state index >= 15 is 0 Å². The van der Waals surface area contributed by atoms with Crippen LogP contribution in [0.5, 0.6) is 0 Å². The Balaban J connectivity index is 1.80. The first kappa shape index (κ1) is 26.1. The molecule has 4 rings (SSSR count). The van der Waals surface area contributed by atoms with E-state index in [0.29, 0.717) is 13.0 Å². The zero-order valence-electron chi connectivity index (χ0n) is 21.8. The molecule has 2 aliphatic rings. The molecular formula is C29H38N2O5. The molecular weight excluding hydrogens is 456 g/mol. The standard InChI is InChI=1S/C29H38N2O5/c1-28(2,3)25-26(33)31-19-29(35-4,17-23(31)18-32)22-15-20(24-13-9-8-12-21(24)16-22)11-7-5-6-10-14-36-27(34)30-25/h8-9,12-13,15-16,18,23,25H,5-7,10-11,14,17,19H2,1-4H3,(H,30,34)/t23-,25+,29-/m0/s1. The van der Waals surface area contributed by atoms with E-state index < -0.39 is 29.2 Å². The Hall–Kier alpha value is -2.93. The molecule has 1 fully saturated rings. The van der Waals surface area contributed by atoms with E-state index in [1.165, 1.54) is 10.9 Å². The van der Waals surface area contributed by atoms with Crippen LogP contribution >= 0.6 is 0 Å². The maximum atomic E-state index is 13.8. The summed E-state index contributed by atoms with van der Waals surface area (Å²) < 4.78 is 11.5. The van der Waals surface area contributed by atoms with Gasteiger partial charge in [-0.2, -0.15) is 0 Å². The molecule has 2 aromatic carbocycles. The Kier molecular flexibility index (Phi) is 7.69. The normalized spacial score (nSPS) is 26.3. The number of aryl methyl sites for hydroxylation is 1. The van der Waals surface area contributed by atoms with Crippen LogP contribution in [0.4, 0.5) is 4.79 Å². The predicted molar refractivity (Wildman–Crippen MR) is 139 cm³/mol. The number of hydrogen-bond acceptors (Lipinski definition) is 5. The first-order chi connectivity index (χ1) is 17.2. The maximum Gasteiger partial charge on any atom is 0.407 e. The number of carbonyl (C=O) groups excluding carboxylic acids is 3. The van der Waals surface area contributed by atoms with Crippen LogP contribution in [0.15, 0.2) is 36.4 Å². The van der Waals surface area contributed by atoms with Crippen molar-refractivity contribution in [2.45, 2.75) is 77.0 Å². The van der Waals surface area contributed by atoms with Crippen molar-refractivity contribution in [3.8, 4) is 0 Å². The molecule has 2 aliphatic heterocycles. The minimum Gasteiger partial charge on any atom is -0.450 e. The van der Waals surface area contributed by atoms with Crippen LogP contribution in [-0.2, 0) is 31.1 Å². The Morgan fingerprint density at radius 1 is 1.11 bits per heavy atom. The van der Waals surface area contributed by atoms with Crippen molar-refractivity contribution < 1.29 is 23.9 Å². The first-order valence-electron chi connectivity index (χ1n) is 12.9. The van der Waals surface area contributed by atoms with Crippen molar-refractivity contribution >= 4 is 29.1 Å². The smallest absolute Gasteiger partial charge is 0.407 e. The van der Waals surface area contributed by atoms with Crippen molar-refractivity contribution in [2.75, 3.05) is 20.3 Å². The van der Waals surface area contributed by atoms with Gasteiger partial charge in [-0.3, -0.25) is 4.79 Å². The third kappa shape index (κ3) is 5.26.